The van der Waals surface area contributed by atoms with E-state index in [9.17, 15) is 8.42 Å². The monoisotopic (exact) mass is 316 g/mol. The second kappa shape index (κ2) is 6.98. The van der Waals surface area contributed by atoms with Gasteiger partial charge in [0, 0.05) is 36.8 Å². The molecule has 0 saturated heterocycles. The molecule has 0 bridgehead atoms. The number of thiophene rings is 1. The third kappa shape index (κ3) is 3.89. The normalized spacial score (nSPS) is 11.8. The van der Waals surface area contributed by atoms with Crippen LogP contribution in [0.25, 0.3) is 11.3 Å². The second-order valence-corrected chi connectivity index (χ2v) is 6.88. The predicted molar refractivity (Wildman–Crippen MR) is 76.1 cm³/mol. The fourth-order valence-corrected chi connectivity index (χ4v) is 3.84. The Morgan fingerprint density at radius 1 is 1.50 bits per heavy atom. The van der Waals surface area contributed by atoms with Gasteiger partial charge in [0.1, 0.15) is 4.21 Å². The first-order chi connectivity index (χ1) is 9.63. The fourth-order valence-electron chi connectivity index (χ4n) is 1.55. The SMILES string of the molecule is CCOCCCNS(=O)(=O)c1cc(-c2ccno2)cs1. The lowest BCUT2D eigenvalue weighted by Gasteiger charge is -2.04. The molecule has 1 N–H and O–H groups in total. The summed E-state index contributed by atoms with van der Waals surface area (Å²) in [5.41, 5.74) is 0.710. The molecule has 6 nitrogen and oxygen atoms in total. The summed E-state index contributed by atoms with van der Waals surface area (Å²) >= 11 is 1.15. The Morgan fingerprint density at radius 2 is 2.35 bits per heavy atom. The largest absolute Gasteiger partial charge is 0.382 e. The number of aromatic nitrogens is 1. The van der Waals surface area contributed by atoms with Gasteiger partial charge in [-0.05, 0) is 19.4 Å². The molecule has 0 saturated carbocycles. The molecule has 20 heavy (non-hydrogen) atoms. The van der Waals surface area contributed by atoms with Crippen LogP contribution in [0.3, 0.4) is 0 Å². The van der Waals surface area contributed by atoms with Crippen molar-refractivity contribution in [1.29, 1.82) is 0 Å². The molecular weight excluding hydrogens is 300 g/mol. The third-order valence-corrected chi connectivity index (χ3v) is 5.42. The number of hydrogen-bond acceptors (Lipinski definition) is 6. The molecule has 0 spiro atoms. The van der Waals surface area contributed by atoms with Crippen LogP contribution in [-0.2, 0) is 14.8 Å². The highest BCUT2D eigenvalue weighted by atomic mass is 32.2. The van der Waals surface area contributed by atoms with Crippen molar-refractivity contribution in [3.8, 4) is 11.3 Å². The number of rotatable bonds is 8. The minimum absolute atomic E-state index is 0.264. The van der Waals surface area contributed by atoms with Gasteiger partial charge in [-0.15, -0.1) is 11.3 Å². The zero-order valence-electron chi connectivity index (χ0n) is 11.0. The highest BCUT2D eigenvalue weighted by Crippen LogP contribution is 2.27. The summed E-state index contributed by atoms with van der Waals surface area (Å²) in [6, 6.07) is 3.27. The van der Waals surface area contributed by atoms with Gasteiger partial charge in [-0.3, -0.25) is 0 Å². The van der Waals surface area contributed by atoms with Crippen LogP contribution < -0.4 is 4.72 Å². The van der Waals surface area contributed by atoms with E-state index < -0.39 is 10.0 Å². The Labute approximate surface area is 121 Å². The van der Waals surface area contributed by atoms with Gasteiger partial charge in [0.05, 0.1) is 6.20 Å². The first-order valence-corrected chi connectivity index (χ1v) is 8.57. The Kier molecular flexibility index (Phi) is 5.30. The van der Waals surface area contributed by atoms with E-state index in [-0.39, 0.29) is 4.21 Å². The van der Waals surface area contributed by atoms with Crippen molar-refractivity contribution < 1.29 is 17.7 Å². The van der Waals surface area contributed by atoms with Crippen LogP contribution in [-0.4, -0.2) is 33.3 Å². The van der Waals surface area contributed by atoms with Crippen LogP contribution in [0.5, 0.6) is 0 Å². The maximum Gasteiger partial charge on any atom is 0.250 e. The summed E-state index contributed by atoms with van der Waals surface area (Å²) in [7, 11) is -3.47. The van der Waals surface area contributed by atoms with Gasteiger partial charge in [-0.2, -0.15) is 0 Å². The summed E-state index contributed by atoms with van der Waals surface area (Å²) in [4.78, 5) is 0. The number of nitrogens with zero attached hydrogens (tertiary/aromatic N) is 1. The zero-order valence-corrected chi connectivity index (χ0v) is 12.7. The summed E-state index contributed by atoms with van der Waals surface area (Å²) in [6.45, 7) is 3.45. The molecule has 0 aliphatic rings. The van der Waals surface area contributed by atoms with Crippen LogP contribution in [0, 0.1) is 0 Å². The molecule has 0 radical (unpaired) electrons. The van der Waals surface area contributed by atoms with Gasteiger partial charge in [-0.1, -0.05) is 5.16 Å². The topological polar surface area (TPSA) is 81.4 Å². The number of nitrogens with one attached hydrogen (secondary N) is 1. The third-order valence-electron chi connectivity index (χ3n) is 2.52. The molecular formula is C12H16N2O4S2. The Morgan fingerprint density at radius 3 is 3.05 bits per heavy atom. The van der Waals surface area contributed by atoms with Gasteiger partial charge >= 0.3 is 0 Å². The first-order valence-electron chi connectivity index (χ1n) is 6.20. The van der Waals surface area contributed by atoms with Gasteiger partial charge in [0.25, 0.3) is 0 Å². The van der Waals surface area contributed by atoms with Crippen molar-refractivity contribution in [2.45, 2.75) is 17.6 Å². The van der Waals surface area contributed by atoms with Crippen molar-refractivity contribution in [3.63, 3.8) is 0 Å². The number of hydrogen-bond donors (Lipinski definition) is 1. The Balaban J connectivity index is 1.96. The van der Waals surface area contributed by atoms with E-state index in [0.29, 0.717) is 37.5 Å². The van der Waals surface area contributed by atoms with Crippen molar-refractivity contribution in [2.24, 2.45) is 0 Å². The molecule has 0 unspecified atom stereocenters. The lowest BCUT2D eigenvalue weighted by molar-refractivity contribution is 0.146. The van der Waals surface area contributed by atoms with Gasteiger partial charge < -0.3 is 9.26 Å². The summed E-state index contributed by atoms with van der Waals surface area (Å²) < 4.78 is 37.1. The molecule has 0 aromatic carbocycles. The van der Waals surface area contributed by atoms with E-state index in [4.69, 9.17) is 9.26 Å². The fraction of sp³-hybridized carbons (Fsp3) is 0.417. The minimum atomic E-state index is -3.47. The molecule has 2 rings (SSSR count). The van der Waals surface area contributed by atoms with Crippen LogP contribution in [0.2, 0.25) is 0 Å². The molecule has 0 aliphatic heterocycles. The van der Waals surface area contributed by atoms with Crippen molar-refractivity contribution in [2.75, 3.05) is 19.8 Å². The van der Waals surface area contributed by atoms with E-state index in [1.807, 2.05) is 6.92 Å². The average Bonchev–Trinajstić information content (AvgIpc) is 3.09. The Hall–Kier alpha value is -1.22. The quantitative estimate of drug-likeness (QED) is 0.754. The molecule has 0 aliphatic carbocycles. The second-order valence-electron chi connectivity index (χ2n) is 3.98. The summed E-state index contributed by atoms with van der Waals surface area (Å²) in [5.74, 6) is 0.555. The molecule has 2 aromatic heterocycles. The van der Waals surface area contributed by atoms with E-state index in [1.165, 1.54) is 6.20 Å². The number of sulfonamides is 1. The molecule has 8 heteroatoms. The summed E-state index contributed by atoms with van der Waals surface area (Å²) in [6.07, 6.45) is 2.17. The van der Waals surface area contributed by atoms with Crippen molar-refractivity contribution in [3.05, 3.63) is 23.7 Å². The maximum atomic E-state index is 12.1. The first kappa shape index (κ1) is 15.2. The minimum Gasteiger partial charge on any atom is -0.382 e. The molecule has 2 heterocycles. The number of ether oxygens (including phenoxy) is 1. The molecule has 0 atom stereocenters. The average molecular weight is 316 g/mol. The predicted octanol–water partition coefficient (Wildman–Crippen LogP) is 2.11. The lowest BCUT2D eigenvalue weighted by Crippen LogP contribution is -2.24. The van der Waals surface area contributed by atoms with Gasteiger partial charge in [0.2, 0.25) is 10.0 Å². The standard InChI is InChI=1S/C12H16N2O4S2/c1-2-17-7-3-5-14-20(15,16)12-8-10(9-19-12)11-4-6-13-18-11/h4,6,8-9,14H,2-3,5,7H2,1H3. The van der Waals surface area contributed by atoms with Gasteiger partial charge in [0.15, 0.2) is 5.76 Å². The van der Waals surface area contributed by atoms with E-state index in [0.717, 1.165) is 11.3 Å². The van der Waals surface area contributed by atoms with Crippen LogP contribution in [0.15, 0.2) is 32.4 Å². The van der Waals surface area contributed by atoms with Crippen LogP contribution in [0.4, 0.5) is 0 Å². The van der Waals surface area contributed by atoms with Crippen molar-refractivity contribution in [1.82, 2.24) is 9.88 Å². The smallest absolute Gasteiger partial charge is 0.250 e. The van der Waals surface area contributed by atoms with Crippen LogP contribution in [0.1, 0.15) is 13.3 Å². The molecule has 0 amide bonds. The molecule has 110 valence electrons. The van der Waals surface area contributed by atoms with Crippen LogP contribution >= 0.6 is 11.3 Å². The molecule has 0 fully saturated rings. The highest BCUT2D eigenvalue weighted by molar-refractivity contribution is 7.91. The highest BCUT2D eigenvalue weighted by Gasteiger charge is 2.17. The zero-order chi connectivity index (χ0) is 14.4. The molecule has 2 aromatic rings. The lowest BCUT2D eigenvalue weighted by atomic mass is 10.3. The van der Waals surface area contributed by atoms with E-state index >= 15 is 0 Å². The summed E-state index contributed by atoms with van der Waals surface area (Å²) in [5, 5.41) is 5.33. The Bertz CT molecular complexity index is 620. The maximum absolute atomic E-state index is 12.1. The van der Waals surface area contributed by atoms with Crippen molar-refractivity contribution >= 4 is 21.4 Å². The van der Waals surface area contributed by atoms with E-state index in [2.05, 4.69) is 9.88 Å². The van der Waals surface area contributed by atoms with Gasteiger partial charge in [-0.25, -0.2) is 13.1 Å². The van der Waals surface area contributed by atoms with E-state index in [1.54, 1.807) is 17.5 Å².